The van der Waals surface area contributed by atoms with E-state index in [1.807, 2.05) is 42.2 Å². The summed E-state index contributed by atoms with van der Waals surface area (Å²) in [5.74, 6) is 1.58. The number of hydrogen-bond donors (Lipinski definition) is 0. The van der Waals surface area contributed by atoms with Gasteiger partial charge in [0.15, 0.2) is 24.2 Å². The number of nitrogens with zero attached hydrogens (tertiary/aromatic N) is 2. The van der Waals surface area contributed by atoms with Gasteiger partial charge in [0.1, 0.15) is 0 Å². The first kappa shape index (κ1) is 32.7. The summed E-state index contributed by atoms with van der Waals surface area (Å²) in [5, 5.41) is 2.07. The van der Waals surface area contributed by atoms with E-state index >= 15 is 0 Å². The molecule has 1 aromatic heterocycles. The number of benzene rings is 2. The SMILES string of the molecule is CCCCCCCCCCCCCCOc1ccc(CN(C(=O)CC)c2ccc(C[n+]3ccsc3)cc2)cc1OC. The zero-order chi connectivity index (χ0) is 29.1. The zero-order valence-electron chi connectivity index (χ0n) is 25.6. The second kappa shape index (κ2) is 19.3. The average Bonchev–Trinajstić information content (AvgIpc) is 3.52. The van der Waals surface area contributed by atoms with Crippen LogP contribution in [0.15, 0.2) is 59.6 Å². The van der Waals surface area contributed by atoms with Crippen LogP contribution >= 0.6 is 11.3 Å². The van der Waals surface area contributed by atoms with Gasteiger partial charge in [-0.1, -0.05) is 114 Å². The summed E-state index contributed by atoms with van der Waals surface area (Å²) in [6.45, 7) is 6.19. The van der Waals surface area contributed by atoms with Crippen molar-refractivity contribution in [1.82, 2.24) is 0 Å². The maximum Gasteiger partial charge on any atom is 0.227 e. The fraction of sp³-hybridized carbons (Fsp3) is 0.543. The number of methoxy groups -OCH3 is 1. The maximum atomic E-state index is 12.9. The highest BCUT2D eigenvalue weighted by atomic mass is 32.1. The third-order valence-electron chi connectivity index (χ3n) is 7.57. The molecule has 0 N–H and O–H groups in total. The minimum Gasteiger partial charge on any atom is -0.493 e. The van der Waals surface area contributed by atoms with Gasteiger partial charge in [0, 0.05) is 17.7 Å². The van der Waals surface area contributed by atoms with Gasteiger partial charge in [0.25, 0.3) is 0 Å². The average molecular weight is 580 g/mol. The standard InChI is InChI=1S/C35H51N2O3S/c1-4-6-7-8-9-10-11-12-13-14-15-16-24-40-33-22-19-31(26-34(33)39-3)28-37(35(38)5-2)32-20-17-30(18-21-32)27-36-23-25-41-29-36/h17-23,25-26,29H,4-16,24,27-28H2,1-3H3/q+1. The number of carbonyl (C=O) groups excluding carboxylic acids is 1. The lowest BCUT2D eigenvalue weighted by Crippen LogP contribution is -2.31. The number of carbonyl (C=O) groups is 1. The van der Waals surface area contributed by atoms with Gasteiger partial charge in [0.05, 0.1) is 25.6 Å². The molecule has 0 fully saturated rings. The Bertz CT molecular complexity index is 1110. The molecular weight excluding hydrogens is 528 g/mol. The van der Waals surface area contributed by atoms with Crippen LogP contribution < -0.4 is 18.9 Å². The molecule has 1 amide bonds. The van der Waals surface area contributed by atoms with Gasteiger partial charge >= 0.3 is 0 Å². The van der Waals surface area contributed by atoms with Gasteiger partial charge in [-0.05, 0) is 36.2 Å². The van der Waals surface area contributed by atoms with Gasteiger partial charge in [0.2, 0.25) is 11.4 Å². The van der Waals surface area contributed by atoms with E-state index in [2.05, 4.69) is 40.7 Å². The molecule has 0 aliphatic carbocycles. The maximum absolute atomic E-state index is 12.9. The van der Waals surface area contributed by atoms with Crippen molar-refractivity contribution in [3.8, 4) is 11.5 Å². The van der Waals surface area contributed by atoms with E-state index in [9.17, 15) is 4.79 Å². The van der Waals surface area contributed by atoms with E-state index in [-0.39, 0.29) is 5.91 Å². The summed E-state index contributed by atoms with van der Waals surface area (Å²) in [6, 6.07) is 14.3. The number of hydrogen-bond acceptors (Lipinski definition) is 4. The molecule has 0 unspecified atom stereocenters. The molecule has 0 spiro atoms. The number of anilines is 1. The number of thiazole rings is 1. The largest absolute Gasteiger partial charge is 0.493 e. The quantitative estimate of drug-likeness (QED) is 0.0933. The van der Waals surface area contributed by atoms with Crippen molar-refractivity contribution >= 4 is 22.9 Å². The molecule has 0 saturated carbocycles. The summed E-state index contributed by atoms with van der Waals surface area (Å²) < 4.78 is 13.9. The first-order valence-corrected chi connectivity index (χ1v) is 16.7. The number of aromatic nitrogens is 1. The fourth-order valence-corrected chi connectivity index (χ4v) is 5.69. The Morgan fingerprint density at radius 2 is 1.44 bits per heavy atom. The van der Waals surface area contributed by atoms with Crippen molar-refractivity contribution < 1.29 is 18.8 Å². The van der Waals surface area contributed by atoms with Gasteiger partial charge in [-0.3, -0.25) is 4.79 Å². The summed E-state index contributed by atoms with van der Waals surface area (Å²) in [6.07, 6.45) is 18.5. The molecule has 2 aromatic carbocycles. The summed E-state index contributed by atoms with van der Waals surface area (Å²) in [5.41, 5.74) is 5.22. The highest BCUT2D eigenvalue weighted by Crippen LogP contribution is 2.30. The van der Waals surface area contributed by atoms with E-state index in [1.165, 1.54) is 76.2 Å². The summed E-state index contributed by atoms with van der Waals surface area (Å²) >= 11 is 1.68. The predicted molar refractivity (Wildman–Crippen MR) is 171 cm³/mol. The van der Waals surface area contributed by atoms with E-state index < -0.39 is 0 Å². The van der Waals surface area contributed by atoms with E-state index in [4.69, 9.17) is 9.47 Å². The summed E-state index contributed by atoms with van der Waals surface area (Å²) in [4.78, 5) is 14.7. The molecule has 3 aromatic rings. The molecule has 1 heterocycles. The molecule has 6 heteroatoms. The predicted octanol–water partition coefficient (Wildman–Crippen LogP) is 9.12. The van der Waals surface area contributed by atoms with E-state index in [0.29, 0.717) is 25.3 Å². The fourth-order valence-electron chi connectivity index (χ4n) is 5.10. The van der Waals surface area contributed by atoms with Crippen LogP contribution in [0.4, 0.5) is 5.69 Å². The molecule has 0 atom stereocenters. The topological polar surface area (TPSA) is 42.7 Å². The lowest BCUT2D eigenvalue weighted by atomic mass is 10.1. The molecule has 0 aliphatic heterocycles. The number of rotatable bonds is 21. The van der Waals surface area contributed by atoms with Gasteiger partial charge in [-0.15, -0.1) is 0 Å². The third-order valence-corrected chi connectivity index (χ3v) is 8.24. The molecule has 224 valence electrons. The first-order valence-electron chi connectivity index (χ1n) is 15.7. The molecule has 5 nitrogen and oxygen atoms in total. The highest BCUT2D eigenvalue weighted by molar-refractivity contribution is 7.07. The van der Waals surface area contributed by atoms with Crippen molar-refractivity contribution in [2.45, 2.75) is 110 Å². The van der Waals surface area contributed by atoms with E-state index in [1.54, 1.807) is 18.4 Å². The smallest absolute Gasteiger partial charge is 0.227 e. The highest BCUT2D eigenvalue weighted by Gasteiger charge is 2.17. The monoisotopic (exact) mass is 579 g/mol. The Labute approximate surface area is 252 Å². The van der Waals surface area contributed by atoms with Crippen molar-refractivity contribution in [1.29, 1.82) is 0 Å². The second-order valence-corrected chi connectivity index (χ2v) is 11.7. The number of unbranched alkanes of at least 4 members (excludes halogenated alkanes) is 11. The van der Waals surface area contributed by atoms with E-state index in [0.717, 1.165) is 30.0 Å². The lowest BCUT2D eigenvalue weighted by molar-refractivity contribution is -0.683. The molecule has 0 radical (unpaired) electrons. The Kier molecular flexibility index (Phi) is 15.4. The van der Waals surface area contributed by atoms with Gasteiger partial charge in [-0.25, -0.2) is 0 Å². The Balaban J connectivity index is 1.43. The lowest BCUT2D eigenvalue weighted by Gasteiger charge is -2.23. The molecule has 41 heavy (non-hydrogen) atoms. The van der Waals surface area contributed by atoms with Gasteiger partial charge < -0.3 is 14.4 Å². The Morgan fingerprint density at radius 3 is 2.02 bits per heavy atom. The van der Waals surface area contributed by atoms with Crippen molar-refractivity contribution in [3.05, 3.63) is 70.7 Å². The minimum atomic E-state index is 0.0937. The molecular formula is C35H51N2O3S+. The van der Waals surface area contributed by atoms with Crippen LogP contribution in [-0.2, 0) is 17.9 Å². The number of amides is 1. The van der Waals surface area contributed by atoms with Crippen molar-refractivity contribution in [2.24, 2.45) is 0 Å². The second-order valence-electron chi connectivity index (χ2n) is 10.9. The zero-order valence-corrected chi connectivity index (χ0v) is 26.4. The molecule has 0 saturated heterocycles. The van der Waals surface area contributed by atoms with Crippen LogP contribution in [0.5, 0.6) is 11.5 Å². The van der Waals surface area contributed by atoms with Crippen LogP contribution in [0, 0.1) is 0 Å². The first-order chi connectivity index (χ1) is 20.1. The van der Waals surface area contributed by atoms with Crippen molar-refractivity contribution in [2.75, 3.05) is 18.6 Å². The minimum absolute atomic E-state index is 0.0937. The van der Waals surface area contributed by atoms with Crippen LogP contribution in [0.2, 0.25) is 0 Å². The van der Waals surface area contributed by atoms with Crippen LogP contribution in [0.1, 0.15) is 108 Å². The third kappa shape index (κ3) is 11.9. The molecule has 3 rings (SSSR count). The Hall–Kier alpha value is -2.86. The van der Waals surface area contributed by atoms with Crippen LogP contribution in [0.25, 0.3) is 0 Å². The van der Waals surface area contributed by atoms with Crippen LogP contribution in [-0.4, -0.2) is 19.6 Å². The van der Waals surface area contributed by atoms with Gasteiger partial charge in [-0.2, -0.15) is 4.57 Å². The van der Waals surface area contributed by atoms with Crippen LogP contribution in [0.3, 0.4) is 0 Å². The van der Waals surface area contributed by atoms with Crippen molar-refractivity contribution in [3.63, 3.8) is 0 Å². The number of ether oxygens (including phenoxy) is 2. The molecule has 0 bridgehead atoms. The summed E-state index contributed by atoms with van der Waals surface area (Å²) in [7, 11) is 1.68. The Morgan fingerprint density at radius 1 is 0.805 bits per heavy atom. The normalized spacial score (nSPS) is 11.0. The molecule has 0 aliphatic rings.